The lowest BCUT2D eigenvalue weighted by Crippen LogP contribution is -2.09. The Kier molecular flexibility index (Phi) is 5.63. The van der Waals surface area contributed by atoms with Crippen LogP contribution in [0.15, 0.2) is 18.2 Å². The molecule has 0 radical (unpaired) electrons. The minimum Gasteiger partial charge on any atom is -0.495 e. The number of hydrogen-bond donors (Lipinski definition) is 2. The van der Waals surface area contributed by atoms with Gasteiger partial charge in [-0.1, -0.05) is 0 Å². The quantitative estimate of drug-likeness (QED) is 0.566. The second-order valence-corrected chi connectivity index (χ2v) is 4.16. The van der Waals surface area contributed by atoms with Gasteiger partial charge in [-0.2, -0.15) is 0 Å². The third-order valence-corrected chi connectivity index (χ3v) is 2.31. The Hall–Kier alpha value is -1.42. The molecule has 0 aliphatic heterocycles. The number of rotatable bonds is 7. The molecule has 17 heavy (non-hydrogen) atoms. The fraction of sp³-hybridized carbons (Fsp3) is 0.538. The highest BCUT2D eigenvalue weighted by Crippen LogP contribution is 2.26. The second kappa shape index (κ2) is 7.01. The summed E-state index contributed by atoms with van der Waals surface area (Å²) in [6, 6.07) is 5.60. The summed E-state index contributed by atoms with van der Waals surface area (Å²) in [6.45, 7) is 5.70. The van der Waals surface area contributed by atoms with Gasteiger partial charge in [0.15, 0.2) is 0 Å². The molecule has 96 valence electrons. The van der Waals surface area contributed by atoms with Gasteiger partial charge in [0.25, 0.3) is 0 Å². The van der Waals surface area contributed by atoms with Crippen LogP contribution in [0.5, 0.6) is 5.75 Å². The van der Waals surface area contributed by atoms with Crippen molar-refractivity contribution in [3.63, 3.8) is 0 Å². The molecule has 1 aromatic rings. The summed E-state index contributed by atoms with van der Waals surface area (Å²) in [4.78, 5) is 0. The number of hydrogen-bond acceptors (Lipinski definition) is 4. The number of benzene rings is 1. The molecule has 0 amide bonds. The standard InChI is InChI=1S/C13H22N2O2/c1-10(2)17-8-4-7-15-12-6-5-11(14)9-13(12)16-3/h5-6,9-10,15H,4,7-8,14H2,1-3H3. The molecule has 0 fully saturated rings. The van der Waals surface area contributed by atoms with E-state index < -0.39 is 0 Å². The fourth-order valence-corrected chi connectivity index (χ4v) is 1.47. The van der Waals surface area contributed by atoms with Gasteiger partial charge >= 0.3 is 0 Å². The average molecular weight is 238 g/mol. The summed E-state index contributed by atoms with van der Waals surface area (Å²) in [5, 5.41) is 3.30. The molecule has 0 bridgehead atoms. The summed E-state index contributed by atoms with van der Waals surface area (Å²) in [7, 11) is 1.64. The average Bonchev–Trinajstić information content (AvgIpc) is 2.29. The van der Waals surface area contributed by atoms with Crippen molar-refractivity contribution in [1.29, 1.82) is 0 Å². The van der Waals surface area contributed by atoms with Crippen LogP contribution in [0.25, 0.3) is 0 Å². The van der Waals surface area contributed by atoms with Gasteiger partial charge in [0.1, 0.15) is 5.75 Å². The molecule has 0 saturated heterocycles. The molecule has 0 spiro atoms. The summed E-state index contributed by atoms with van der Waals surface area (Å²) in [5.74, 6) is 0.773. The third kappa shape index (κ3) is 4.95. The molecule has 4 heteroatoms. The molecule has 1 aromatic carbocycles. The lowest BCUT2D eigenvalue weighted by Gasteiger charge is -2.12. The maximum atomic E-state index is 5.68. The number of nitrogen functional groups attached to an aromatic ring is 1. The molecule has 0 aliphatic carbocycles. The van der Waals surface area contributed by atoms with E-state index >= 15 is 0 Å². The first-order valence-corrected chi connectivity index (χ1v) is 5.92. The number of anilines is 2. The van der Waals surface area contributed by atoms with Gasteiger partial charge in [-0.15, -0.1) is 0 Å². The van der Waals surface area contributed by atoms with Crippen LogP contribution in [0.4, 0.5) is 11.4 Å². The minimum atomic E-state index is 0.293. The van der Waals surface area contributed by atoms with E-state index in [1.807, 2.05) is 32.0 Å². The lowest BCUT2D eigenvalue weighted by molar-refractivity contribution is 0.0787. The Morgan fingerprint density at radius 1 is 1.35 bits per heavy atom. The van der Waals surface area contributed by atoms with Gasteiger partial charge in [-0.3, -0.25) is 0 Å². The van der Waals surface area contributed by atoms with Crippen molar-refractivity contribution in [2.75, 3.05) is 31.3 Å². The molecule has 0 unspecified atom stereocenters. The van der Waals surface area contributed by atoms with Crippen LogP contribution in [0.2, 0.25) is 0 Å². The number of ether oxygens (including phenoxy) is 2. The molecular formula is C13H22N2O2. The van der Waals surface area contributed by atoms with Crippen LogP contribution in [0, 0.1) is 0 Å². The lowest BCUT2D eigenvalue weighted by atomic mass is 10.2. The van der Waals surface area contributed by atoms with Gasteiger partial charge < -0.3 is 20.5 Å². The number of nitrogens with one attached hydrogen (secondary N) is 1. The molecule has 0 atom stereocenters. The van der Waals surface area contributed by atoms with Gasteiger partial charge in [0.2, 0.25) is 0 Å². The topological polar surface area (TPSA) is 56.5 Å². The van der Waals surface area contributed by atoms with E-state index in [0.29, 0.717) is 11.8 Å². The zero-order valence-corrected chi connectivity index (χ0v) is 10.8. The minimum absolute atomic E-state index is 0.293. The van der Waals surface area contributed by atoms with Crippen molar-refractivity contribution in [2.24, 2.45) is 0 Å². The first-order valence-electron chi connectivity index (χ1n) is 5.92. The molecule has 3 N–H and O–H groups in total. The van der Waals surface area contributed by atoms with Crippen LogP contribution in [0.3, 0.4) is 0 Å². The van der Waals surface area contributed by atoms with E-state index in [1.54, 1.807) is 7.11 Å². The summed E-state index contributed by atoms with van der Waals surface area (Å²) in [5.41, 5.74) is 7.35. The van der Waals surface area contributed by atoms with Crippen molar-refractivity contribution >= 4 is 11.4 Å². The highest BCUT2D eigenvalue weighted by molar-refractivity contribution is 5.62. The maximum Gasteiger partial charge on any atom is 0.143 e. The fourth-order valence-electron chi connectivity index (χ4n) is 1.47. The van der Waals surface area contributed by atoms with Crippen LogP contribution in [0.1, 0.15) is 20.3 Å². The Balaban J connectivity index is 2.36. The molecule has 0 aliphatic rings. The van der Waals surface area contributed by atoms with Crippen LogP contribution >= 0.6 is 0 Å². The first kappa shape index (κ1) is 13.6. The normalized spacial score (nSPS) is 10.6. The van der Waals surface area contributed by atoms with E-state index in [-0.39, 0.29) is 0 Å². The van der Waals surface area contributed by atoms with E-state index in [1.165, 1.54) is 0 Å². The Bertz CT molecular complexity index is 340. The van der Waals surface area contributed by atoms with Crippen LogP contribution in [-0.2, 0) is 4.74 Å². The highest BCUT2D eigenvalue weighted by Gasteiger charge is 2.02. The van der Waals surface area contributed by atoms with Crippen molar-refractivity contribution in [2.45, 2.75) is 26.4 Å². The largest absolute Gasteiger partial charge is 0.495 e. The predicted molar refractivity (Wildman–Crippen MR) is 71.6 cm³/mol. The zero-order chi connectivity index (χ0) is 12.7. The molecule has 0 saturated carbocycles. The van der Waals surface area contributed by atoms with Gasteiger partial charge in [0.05, 0.1) is 18.9 Å². The van der Waals surface area contributed by atoms with E-state index in [2.05, 4.69) is 5.32 Å². The monoisotopic (exact) mass is 238 g/mol. The van der Waals surface area contributed by atoms with E-state index in [4.69, 9.17) is 15.2 Å². The third-order valence-electron chi connectivity index (χ3n) is 2.31. The van der Waals surface area contributed by atoms with E-state index in [0.717, 1.165) is 31.0 Å². The van der Waals surface area contributed by atoms with Crippen molar-refractivity contribution < 1.29 is 9.47 Å². The second-order valence-electron chi connectivity index (χ2n) is 4.16. The molecular weight excluding hydrogens is 216 g/mol. The van der Waals surface area contributed by atoms with Gasteiger partial charge in [0, 0.05) is 24.9 Å². The smallest absolute Gasteiger partial charge is 0.143 e. The van der Waals surface area contributed by atoms with Crippen molar-refractivity contribution in [3.05, 3.63) is 18.2 Å². The molecule has 0 aromatic heterocycles. The Labute approximate surface area is 103 Å². The Morgan fingerprint density at radius 2 is 2.12 bits per heavy atom. The van der Waals surface area contributed by atoms with Crippen LogP contribution in [-0.4, -0.2) is 26.4 Å². The first-order chi connectivity index (χ1) is 8.13. The molecule has 4 nitrogen and oxygen atoms in total. The van der Waals surface area contributed by atoms with Crippen molar-refractivity contribution in [3.8, 4) is 5.75 Å². The number of nitrogens with two attached hydrogens (primary N) is 1. The predicted octanol–water partition coefficient (Wildman–Crippen LogP) is 2.50. The summed E-state index contributed by atoms with van der Waals surface area (Å²) >= 11 is 0. The van der Waals surface area contributed by atoms with Crippen LogP contribution < -0.4 is 15.8 Å². The van der Waals surface area contributed by atoms with Gasteiger partial charge in [-0.25, -0.2) is 0 Å². The Morgan fingerprint density at radius 3 is 2.76 bits per heavy atom. The van der Waals surface area contributed by atoms with Gasteiger partial charge in [-0.05, 0) is 32.4 Å². The zero-order valence-electron chi connectivity index (χ0n) is 10.8. The number of methoxy groups -OCH3 is 1. The maximum absolute atomic E-state index is 5.68. The molecule has 1 rings (SSSR count). The summed E-state index contributed by atoms with van der Waals surface area (Å²) < 4.78 is 10.7. The van der Waals surface area contributed by atoms with E-state index in [9.17, 15) is 0 Å². The van der Waals surface area contributed by atoms with Crippen molar-refractivity contribution in [1.82, 2.24) is 0 Å². The summed E-state index contributed by atoms with van der Waals surface area (Å²) in [6.07, 6.45) is 1.26. The SMILES string of the molecule is COc1cc(N)ccc1NCCCOC(C)C. The molecule has 0 heterocycles. The highest BCUT2D eigenvalue weighted by atomic mass is 16.5.